The van der Waals surface area contributed by atoms with Gasteiger partial charge in [0.15, 0.2) is 0 Å². The molecule has 0 saturated carbocycles. The van der Waals surface area contributed by atoms with Crippen molar-refractivity contribution in [3.63, 3.8) is 0 Å². The highest BCUT2D eigenvalue weighted by atomic mass is 16.6. The van der Waals surface area contributed by atoms with E-state index in [1.807, 2.05) is 39.8 Å². The molecule has 0 aliphatic rings. The van der Waals surface area contributed by atoms with Crippen molar-refractivity contribution >= 4 is 6.09 Å². The van der Waals surface area contributed by atoms with Gasteiger partial charge in [0.2, 0.25) is 0 Å². The lowest BCUT2D eigenvalue weighted by atomic mass is 9.96. The summed E-state index contributed by atoms with van der Waals surface area (Å²) in [6, 6.07) is 5.95. The highest BCUT2D eigenvalue weighted by molar-refractivity contribution is 5.68. The Labute approximate surface area is 151 Å². The van der Waals surface area contributed by atoms with Crippen molar-refractivity contribution in [1.82, 2.24) is 5.32 Å². The van der Waals surface area contributed by atoms with Gasteiger partial charge < -0.3 is 14.8 Å². The summed E-state index contributed by atoms with van der Waals surface area (Å²) < 4.78 is 10.8. The summed E-state index contributed by atoms with van der Waals surface area (Å²) in [5, 5.41) is 12.3. The molecule has 5 heteroatoms. The van der Waals surface area contributed by atoms with Crippen LogP contribution in [0.25, 0.3) is 0 Å². The highest BCUT2D eigenvalue weighted by Gasteiger charge is 2.19. The number of methoxy groups -OCH3 is 1. The van der Waals surface area contributed by atoms with Crippen LogP contribution in [0.15, 0.2) is 12.1 Å². The molecule has 1 aromatic rings. The van der Waals surface area contributed by atoms with Crippen LogP contribution in [0.2, 0.25) is 0 Å². The summed E-state index contributed by atoms with van der Waals surface area (Å²) in [5.74, 6) is 0.753. The molecule has 0 unspecified atom stereocenters. The summed E-state index contributed by atoms with van der Waals surface area (Å²) in [6.07, 6.45) is 3.09. The molecule has 1 rings (SSSR count). The number of nitriles is 1. The third-order valence-corrected chi connectivity index (χ3v) is 3.72. The standard InChI is InChI=1S/C20H30N2O3/c1-7-8-9-15-12-18(24-6)16(11-17(15)13-21)10-14(2)22-19(23)25-20(3,4)5/h11-12,14H,7-10H2,1-6H3,(H,22,23)/t14-/m0/s1. The molecule has 138 valence electrons. The molecule has 25 heavy (non-hydrogen) atoms. The van der Waals surface area contributed by atoms with Crippen molar-refractivity contribution in [1.29, 1.82) is 5.26 Å². The Morgan fingerprint density at radius 2 is 2.00 bits per heavy atom. The van der Waals surface area contributed by atoms with Crippen molar-refractivity contribution in [2.45, 2.75) is 71.9 Å². The molecule has 0 aliphatic carbocycles. The third kappa shape index (κ3) is 7.04. The Balaban J connectivity index is 2.90. The van der Waals surface area contributed by atoms with Gasteiger partial charge in [-0.3, -0.25) is 0 Å². The van der Waals surface area contributed by atoms with Crippen molar-refractivity contribution in [3.05, 3.63) is 28.8 Å². The van der Waals surface area contributed by atoms with E-state index < -0.39 is 11.7 Å². The zero-order valence-electron chi connectivity index (χ0n) is 16.2. The Bertz CT molecular complexity index is 627. The van der Waals surface area contributed by atoms with Crippen molar-refractivity contribution in [3.8, 4) is 11.8 Å². The van der Waals surface area contributed by atoms with Crippen molar-refractivity contribution in [2.75, 3.05) is 7.11 Å². The summed E-state index contributed by atoms with van der Waals surface area (Å²) >= 11 is 0. The van der Waals surface area contributed by atoms with Gasteiger partial charge in [0.25, 0.3) is 0 Å². The number of unbranched alkanes of at least 4 members (excludes halogenated alkanes) is 1. The van der Waals surface area contributed by atoms with E-state index in [0.717, 1.165) is 36.1 Å². The maximum Gasteiger partial charge on any atom is 0.407 e. The van der Waals surface area contributed by atoms with Crippen LogP contribution in [0.5, 0.6) is 5.75 Å². The van der Waals surface area contributed by atoms with Crippen LogP contribution in [0, 0.1) is 11.3 Å². The maximum atomic E-state index is 11.9. The number of nitrogens with zero attached hydrogens (tertiary/aromatic N) is 1. The number of alkyl carbamates (subject to hydrolysis) is 1. The molecule has 0 saturated heterocycles. The topological polar surface area (TPSA) is 71.3 Å². The van der Waals surface area contributed by atoms with E-state index in [1.165, 1.54) is 0 Å². The fourth-order valence-corrected chi connectivity index (χ4v) is 2.58. The van der Waals surface area contributed by atoms with Gasteiger partial charge in [-0.25, -0.2) is 4.79 Å². The first-order chi connectivity index (χ1) is 11.7. The van der Waals surface area contributed by atoms with E-state index in [4.69, 9.17) is 9.47 Å². The molecule has 0 aliphatic heterocycles. The van der Waals surface area contributed by atoms with Crippen molar-refractivity contribution in [2.24, 2.45) is 0 Å². The number of ether oxygens (including phenoxy) is 2. The SMILES string of the molecule is CCCCc1cc(OC)c(C[C@H](C)NC(=O)OC(C)(C)C)cc1C#N. The first-order valence-corrected chi connectivity index (χ1v) is 8.79. The van der Waals surface area contributed by atoms with Crippen LogP contribution in [-0.2, 0) is 17.6 Å². The van der Waals surface area contributed by atoms with Gasteiger partial charge in [0, 0.05) is 6.04 Å². The number of nitrogens with one attached hydrogen (secondary N) is 1. The van der Waals surface area contributed by atoms with E-state index >= 15 is 0 Å². The zero-order chi connectivity index (χ0) is 19.0. The minimum absolute atomic E-state index is 0.142. The number of hydrogen-bond acceptors (Lipinski definition) is 4. The number of carbonyl (C=O) groups excluding carboxylic acids is 1. The summed E-state index contributed by atoms with van der Waals surface area (Å²) in [5.41, 5.74) is 2.06. The molecule has 0 spiro atoms. The quantitative estimate of drug-likeness (QED) is 0.796. The minimum Gasteiger partial charge on any atom is -0.496 e. The van der Waals surface area contributed by atoms with Gasteiger partial charge in [-0.1, -0.05) is 13.3 Å². The lowest BCUT2D eigenvalue weighted by molar-refractivity contribution is 0.0508. The van der Waals surface area contributed by atoms with Crippen LogP contribution in [-0.4, -0.2) is 24.8 Å². The monoisotopic (exact) mass is 346 g/mol. The van der Waals surface area contributed by atoms with Crippen LogP contribution in [0.3, 0.4) is 0 Å². The van der Waals surface area contributed by atoms with Gasteiger partial charge in [-0.2, -0.15) is 5.26 Å². The minimum atomic E-state index is -0.531. The first kappa shape index (κ1) is 20.8. The molecule has 0 heterocycles. The fraction of sp³-hybridized carbons (Fsp3) is 0.600. The fourth-order valence-electron chi connectivity index (χ4n) is 2.58. The molecule has 0 aromatic heterocycles. The lowest BCUT2D eigenvalue weighted by Crippen LogP contribution is -2.38. The predicted octanol–water partition coefficient (Wildman–Crippen LogP) is 4.37. The van der Waals surface area contributed by atoms with E-state index in [2.05, 4.69) is 18.3 Å². The number of hydrogen-bond donors (Lipinski definition) is 1. The molecule has 1 atom stereocenters. The predicted molar refractivity (Wildman–Crippen MR) is 98.9 cm³/mol. The Hall–Kier alpha value is -2.22. The molecule has 1 N–H and O–H groups in total. The van der Waals surface area contributed by atoms with E-state index in [1.54, 1.807) is 7.11 Å². The summed E-state index contributed by atoms with van der Waals surface area (Å²) in [6.45, 7) is 9.51. The summed E-state index contributed by atoms with van der Waals surface area (Å²) in [7, 11) is 1.63. The van der Waals surface area contributed by atoms with Gasteiger partial charge >= 0.3 is 6.09 Å². The van der Waals surface area contributed by atoms with E-state index in [9.17, 15) is 10.1 Å². The first-order valence-electron chi connectivity index (χ1n) is 8.79. The van der Waals surface area contributed by atoms with Gasteiger partial charge in [-0.15, -0.1) is 0 Å². The Kier molecular flexibility index (Phi) is 7.76. The molecule has 1 amide bonds. The maximum absolute atomic E-state index is 11.9. The van der Waals surface area contributed by atoms with Crippen LogP contribution in [0.4, 0.5) is 4.79 Å². The second-order valence-electron chi connectivity index (χ2n) is 7.29. The smallest absolute Gasteiger partial charge is 0.407 e. The van der Waals surface area contributed by atoms with Crippen LogP contribution in [0.1, 0.15) is 64.2 Å². The number of aryl methyl sites for hydroxylation is 1. The number of carbonyl (C=O) groups is 1. The number of amides is 1. The summed E-state index contributed by atoms with van der Waals surface area (Å²) in [4.78, 5) is 11.9. The lowest BCUT2D eigenvalue weighted by Gasteiger charge is -2.22. The number of rotatable bonds is 7. The average molecular weight is 346 g/mol. The Morgan fingerprint density at radius 1 is 1.32 bits per heavy atom. The van der Waals surface area contributed by atoms with Crippen LogP contribution >= 0.6 is 0 Å². The van der Waals surface area contributed by atoms with E-state index in [0.29, 0.717) is 12.0 Å². The second kappa shape index (κ2) is 9.31. The van der Waals surface area contributed by atoms with Gasteiger partial charge in [-0.05, 0) is 70.2 Å². The Morgan fingerprint density at radius 3 is 2.52 bits per heavy atom. The molecule has 0 radical (unpaired) electrons. The van der Waals surface area contributed by atoms with E-state index in [-0.39, 0.29) is 6.04 Å². The molecular formula is C20H30N2O3. The molecular weight excluding hydrogens is 316 g/mol. The normalized spacial score (nSPS) is 12.2. The highest BCUT2D eigenvalue weighted by Crippen LogP contribution is 2.26. The third-order valence-electron chi connectivity index (χ3n) is 3.72. The molecule has 0 fully saturated rings. The molecule has 5 nitrogen and oxygen atoms in total. The molecule has 0 bridgehead atoms. The van der Waals surface area contributed by atoms with Gasteiger partial charge in [0.1, 0.15) is 11.4 Å². The van der Waals surface area contributed by atoms with Crippen molar-refractivity contribution < 1.29 is 14.3 Å². The zero-order valence-corrected chi connectivity index (χ0v) is 16.2. The average Bonchev–Trinajstić information content (AvgIpc) is 2.50. The van der Waals surface area contributed by atoms with Gasteiger partial charge in [0.05, 0.1) is 18.7 Å². The van der Waals surface area contributed by atoms with Crippen LogP contribution < -0.4 is 10.1 Å². The molecule has 1 aromatic carbocycles. The number of benzene rings is 1. The largest absolute Gasteiger partial charge is 0.496 e. The second-order valence-corrected chi connectivity index (χ2v) is 7.29.